The second kappa shape index (κ2) is 4.44. The summed E-state index contributed by atoms with van der Waals surface area (Å²) in [4.78, 5) is 17.4. The Bertz CT molecular complexity index is 601. The van der Waals surface area contributed by atoms with Gasteiger partial charge >= 0.3 is 0 Å². The minimum absolute atomic E-state index is 0.365. The first-order valence-corrected chi connectivity index (χ1v) is 6.26. The van der Waals surface area contributed by atoms with Gasteiger partial charge in [-0.25, -0.2) is 0 Å². The standard InChI is InChI=1S/C13H10N2O2S/c16-12-10-2-1-9(7-11(10)15-13(12)17)18-8-3-5-14-6-4-8/h1-7,12,16H,(H,15,17). The highest BCUT2D eigenvalue weighted by Gasteiger charge is 2.28. The van der Waals surface area contributed by atoms with Gasteiger partial charge in [-0.1, -0.05) is 17.8 Å². The van der Waals surface area contributed by atoms with Crippen LogP contribution in [0.15, 0.2) is 52.5 Å². The molecule has 1 atom stereocenters. The number of aliphatic hydroxyl groups excluding tert-OH is 1. The minimum Gasteiger partial charge on any atom is -0.378 e. The molecule has 0 spiro atoms. The predicted molar refractivity (Wildman–Crippen MR) is 68.4 cm³/mol. The molecular formula is C13H10N2O2S. The normalized spacial score (nSPS) is 17.4. The topological polar surface area (TPSA) is 62.2 Å². The zero-order valence-corrected chi connectivity index (χ0v) is 10.1. The van der Waals surface area contributed by atoms with Crippen LogP contribution in [0.4, 0.5) is 5.69 Å². The van der Waals surface area contributed by atoms with E-state index in [0.29, 0.717) is 11.3 Å². The van der Waals surface area contributed by atoms with Crippen LogP contribution in [0.2, 0.25) is 0 Å². The Kier molecular flexibility index (Phi) is 2.77. The van der Waals surface area contributed by atoms with Crippen molar-refractivity contribution in [2.24, 2.45) is 0 Å². The second-order valence-electron chi connectivity index (χ2n) is 3.93. The molecule has 5 heteroatoms. The molecule has 0 radical (unpaired) electrons. The summed E-state index contributed by atoms with van der Waals surface area (Å²) in [5.41, 5.74) is 1.32. The molecule has 0 fully saturated rings. The largest absolute Gasteiger partial charge is 0.378 e. The van der Waals surface area contributed by atoms with E-state index >= 15 is 0 Å². The lowest BCUT2D eigenvalue weighted by Gasteiger charge is -2.04. The summed E-state index contributed by atoms with van der Waals surface area (Å²) in [7, 11) is 0. The number of rotatable bonds is 2. The van der Waals surface area contributed by atoms with Gasteiger partial charge in [-0.15, -0.1) is 0 Å². The monoisotopic (exact) mass is 258 g/mol. The molecule has 4 nitrogen and oxygen atoms in total. The highest BCUT2D eigenvalue weighted by atomic mass is 32.2. The average molecular weight is 258 g/mol. The summed E-state index contributed by atoms with van der Waals surface area (Å²) in [6.45, 7) is 0. The van der Waals surface area contributed by atoms with E-state index in [1.807, 2.05) is 24.3 Å². The van der Waals surface area contributed by atoms with E-state index in [-0.39, 0.29) is 5.91 Å². The molecule has 2 aromatic rings. The number of aliphatic hydroxyl groups is 1. The Balaban J connectivity index is 1.88. The molecule has 0 aliphatic carbocycles. The highest BCUT2D eigenvalue weighted by Crippen LogP contribution is 2.36. The van der Waals surface area contributed by atoms with Crippen LogP contribution < -0.4 is 5.32 Å². The zero-order chi connectivity index (χ0) is 12.5. The van der Waals surface area contributed by atoms with Crippen molar-refractivity contribution in [3.63, 3.8) is 0 Å². The van der Waals surface area contributed by atoms with Crippen LogP contribution in [0, 0.1) is 0 Å². The number of carbonyl (C=O) groups excluding carboxylic acids is 1. The van der Waals surface area contributed by atoms with Gasteiger partial charge in [-0.3, -0.25) is 9.78 Å². The van der Waals surface area contributed by atoms with E-state index in [9.17, 15) is 9.90 Å². The van der Waals surface area contributed by atoms with Crippen LogP contribution in [-0.2, 0) is 4.79 Å². The van der Waals surface area contributed by atoms with E-state index < -0.39 is 6.10 Å². The van der Waals surface area contributed by atoms with E-state index in [0.717, 1.165) is 9.79 Å². The maximum absolute atomic E-state index is 11.3. The molecule has 0 saturated heterocycles. The number of benzene rings is 1. The fourth-order valence-corrected chi connectivity index (χ4v) is 2.67. The summed E-state index contributed by atoms with van der Waals surface area (Å²) in [6, 6.07) is 9.39. The molecule has 3 rings (SSSR count). The molecule has 0 saturated carbocycles. The summed E-state index contributed by atoms with van der Waals surface area (Å²) in [6.07, 6.45) is 2.43. The second-order valence-corrected chi connectivity index (χ2v) is 5.07. The Morgan fingerprint density at radius 1 is 1.17 bits per heavy atom. The van der Waals surface area contributed by atoms with Gasteiger partial charge in [-0.05, 0) is 24.3 Å². The van der Waals surface area contributed by atoms with Crippen molar-refractivity contribution in [2.45, 2.75) is 15.9 Å². The van der Waals surface area contributed by atoms with Crippen LogP contribution in [0.25, 0.3) is 0 Å². The van der Waals surface area contributed by atoms with E-state index in [4.69, 9.17) is 0 Å². The number of pyridine rings is 1. The number of hydrogen-bond acceptors (Lipinski definition) is 4. The molecule has 1 amide bonds. The van der Waals surface area contributed by atoms with Crippen molar-refractivity contribution in [1.29, 1.82) is 0 Å². The third-order valence-corrected chi connectivity index (χ3v) is 3.71. The first-order chi connectivity index (χ1) is 8.74. The molecule has 2 heterocycles. The number of hydrogen-bond donors (Lipinski definition) is 2. The molecular weight excluding hydrogens is 248 g/mol. The van der Waals surface area contributed by atoms with E-state index in [1.165, 1.54) is 0 Å². The third kappa shape index (κ3) is 1.98. The fraction of sp³-hybridized carbons (Fsp3) is 0.0769. The number of fused-ring (bicyclic) bond motifs is 1. The van der Waals surface area contributed by atoms with Gasteiger partial charge < -0.3 is 10.4 Å². The Labute approximate surface area is 108 Å². The van der Waals surface area contributed by atoms with Gasteiger partial charge in [0.25, 0.3) is 5.91 Å². The molecule has 0 bridgehead atoms. The highest BCUT2D eigenvalue weighted by molar-refractivity contribution is 7.99. The Morgan fingerprint density at radius 2 is 1.94 bits per heavy atom. The van der Waals surface area contributed by atoms with Crippen molar-refractivity contribution in [1.82, 2.24) is 4.98 Å². The van der Waals surface area contributed by atoms with Crippen molar-refractivity contribution < 1.29 is 9.90 Å². The average Bonchev–Trinajstić information content (AvgIpc) is 2.66. The van der Waals surface area contributed by atoms with Crippen LogP contribution in [-0.4, -0.2) is 16.0 Å². The summed E-state index contributed by atoms with van der Waals surface area (Å²) < 4.78 is 0. The lowest BCUT2D eigenvalue weighted by atomic mass is 10.1. The van der Waals surface area contributed by atoms with Crippen LogP contribution in [0.5, 0.6) is 0 Å². The smallest absolute Gasteiger partial charge is 0.257 e. The quantitative estimate of drug-likeness (QED) is 0.867. The van der Waals surface area contributed by atoms with Gasteiger partial charge in [0.05, 0.1) is 0 Å². The molecule has 1 unspecified atom stereocenters. The Hall–Kier alpha value is -1.85. The first-order valence-electron chi connectivity index (χ1n) is 5.45. The van der Waals surface area contributed by atoms with Gasteiger partial charge in [0.15, 0.2) is 6.10 Å². The maximum atomic E-state index is 11.3. The zero-order valence-electron chi connectivity index (χ0n) is 9.33. The minimum atomic E-state index is -1.04. The number of anilines is 1. The van der Waals surface area contributed by atoms with Crippen LogP contribution in [0.3, 0.4) is 0 Å². The number of nitrogens with zero attached hydrogens (tertiary/aromatic N) is 1. The number of amides is 1. The molecule has 1 aromatic heterocycles. The Morgan fingerprint density at radius 3 is 2.72 bits per heavy atom. The number of aromatic nitrogens is 1. The fourth-order valence-electron chi connectivity index (χ4n) is 1.83. The molecule has 1 aromatic carbocycles. The predicted octanol–water partition coefficient (Wildman–Crippen LogP) is 2.22. The van der Waals surface area contributed by atoms with Gasteiger partial charge in [-0.2, -0.15) is 0 Å². The summed E-state index contributed by atoms with van der Waals surface area (Å²) in [5.74, 6) is -0.365. The van der Waals surface area contributed by atoms with Crippen LogP contribution >= 0.6 is 11.8 Å². The first kappa shape index (κ1) is 11.3. The molecule has 1 aliphatic rings. The SMILES string of the molecule is O=C1Nc2cc(Sc3ccncc3)ccc2C1O. The molecule has 2 N–H and O–H groups in total. The maximum Gasteiger partial charge on any atom is 0.257 e. The van der Waals surface area contributed by atoms with Crippen molar-refractivity contribution in [2.75, 3.05) is 5.32 Å². The summed E-state index contributed by atoms with van der Waals surface area (Å²) in [5, 5.41) is 12.3. The number of carbonyl (C=O) groups is 1. The lowest BCUT2D eigenvalue weighted by Crippen LogP contribution is -2.10. The van der Waals surface area contributed by atoms with Crippen molar-refractivity contribution in [3.05, 3.63) is 48.3 Å². The molecule has 90 valence electrons. The summed E-state index contributed by atoms with van der Waals surface area (Å²) >= 11 is 1.58. The number of nitrogens with one attached hydrogen (secondary N) is 1. The van der Waals surface area contributed by atoms with Crippen molar-refractivity contribution >= 4 is 23.4 Å². The van der Waals surface area contributed by atoms with Gasteiger partial charge in [0, 0.05) is 33.4 Å². The molecule has 1 aliphatic heterocycles. The van der Waals surface area contributed by atoms with Gasteiger partial charge in [0.1, 0.15) is 0 Å². The van der Waals surface area contributed by atoms with Crippen molar-refractivity contribution in [3.8, 4) is 0 Å². The third-order valence-electron chi connectivity index (χ3n) is 2.71. The van der Waals surface area contributed by atoms with Crippen LogP contribution in [0.1, 0.15) is 11.7 Å². The molecule has 18 heavy (non-hydrogen) atoms. The van der Waals surface area contributed by atoms with E-state index in [2.05, 4.69) is 10.3 Å². The lowest BCUT2D eigenvalue weighted by molar-refractivity contribution is -0.123. The van der Waals surface area contributed by atoms with Gasteiger partial charge in [0.2, 0.25) is 0 Å². The van der Waals surface area contributed by atoms with E-state index in [1.54, 1.807) is 30.2 Å².